The minimum absolute atomic E-state index is 0.00723. The lowest BCUT2D eigenvalue weighted by atomic mass is 9.59. The molecule has 12 unspecified atom stereocenters. The molecule has 0 spiro atoms. The second kappa shape index (κ2) is 12.9. The molecule has 1 heterocycles. The first-order valence-corrected chi connectivity index (χ1v) is 18.5. The van der Waals surface area contributed by atoms with Gasteiger partial charge in [0.25, 0.3) is 0 Å². The van der Waals surface area contributed by atoms with E-state index in [9.17, 15) is 9.59 Å². The fourth-order valence-electron chi connectivity index (χ4n) is 11.8. The molecular formula is C37H58O6. The molecular weight excluding hydrogens is 540 g/mol. The average Bonchev–Trinajstić information content (AvgIpc) is 3.41. The standard InChI is InChI=1S/C37H58O6/c1-3-30-28-11-5-9-26(15-28)18-31(30)34(38)40-21-32-33(43-35(42-32)29-16-24-7-4-8-25(14-24)17-29)22-41-36(39)37-12-6-10-27(20-37)13-23(2)19-37/h23-33,35H,3-22H2,1-2H3. The van der Waals surface area contributed by atoms with E-state index in [1.54, 1.807) is 0 Å². The van der Waals surface area contributed by atoms with Gasteiger partial charge in [-0.15, -0.1) is 0 Å². The first-order valence-electron chi connectivity index (χ1n) is 18.5. The van der Waals surface area contributed by atoms with Gasteiger partial charge in [-0.1, -0.05) is 71.6 Å². The van der Waals surface area contributed by atoms with E-state index >= 15 is 0 Å². The van der Waals surface area contributed by atoms with E-state index in [1.165, 1.54) is 64.2 Å². The SMILES string of the molecule is CCC1C2CCCC(C2)CC1C(=O)OCC1OC(C2CC3CCCC(C3)C2)OC1COC(=O)C12CCCC(CC(C)C1)C2. The van der Waals surface area contributed by atoms with Crippen molar-refractivity contribution in [3.8, 4) is 0 Å². The van der Waals surface area contributed by atoms with E-state index in [4.69, 9.17) is 18.9 Å². The number of hydrogen-bond acceptors (Lipinski definition) is 6. The monoisotopic (exact) mass is 598 g/mol. The number of esters is 2. The molecule has 6 aliphatic carbocycles. The van der Waals surface area contributed by atoms with Gasteiger partial charge in [0.1, 0.15) is 25.4 Å². The summed E-state index contributed by atoms with van der Waals surface area (Å²) in [6.45, 7) is 4.93. The number of rotatable bonds is 8. The molecule has 7 rings (SSSR count). The van der Waals surface area contributed by atoms with Gasteiger partial charge in [-0.05, 0) is 99.2 Å². The number of hydrogen-bond donors (Lipinski definition) is 0. The van der Waals surface area contributed by atoms with Crippen molar-refractivity contribution in [2.75, 3.05) is 13.2 Å². The summed E-state index contributed by atoms with van der Waals surface area (Å²) < 4.78 is 25.5. The molecule has 6 bridgehead atoms. The molecule has 1 aliphatic heterocycles. The predicted octanol–water partition coefficient (Wildman–Crippen LogP) is 7.86. The first kappa shape index (κ1) is 30.5. The first-order chi connectivity index (χ1) is 20.9. The Morgan fingerprint density at radius 2 is 1.37 bits per heavy atom. The Morgan fingerprint density at radius 1 is 0.721 bits per heavy atom. The third-order valence-corrected chi connectivity index (χ3v) is 13.5. The van der Waals surface area contributed by atoms with E-state index in [1.807, 2.05) is 0 Å². The maximum atomic E-state index is 13.7. The average molecular weight is 599 g/mol. The smallest absolute Gasteiger partial charge is 0.312 e. The summed E-state index contributed by atoms with van der Waals surface area (Å²) in [5.74, 6) is 4.89. The van der Waals surface area contributed by atoms with Crippen LogP contribution in [0.2, 0.25) is 0 Å². The number of fused-ring (bicyclic) bond motifs is 6. The highest BCUT2D eigenvalue weighted by molar-refractivity contribution is 5.77. The van der Waals surface area contributed by atoms with Crippen LogP contribution in [0.5, 0.6) is 0 Å². The molecule has 12 atom stereocenters. The largest absolute Gasteiger partial charge is 0.463 e. The van der Waals surface area contributed by atoms with Gasteiger partial charge in [0.15, 0.2) is 6.29 Å². The van der Waals surface area contributed by atoms with Gasteiger partial charge >= 0.3 is 11.9 Å². The summed E-state index contributed by atoms with van der Waals surface area (Å²) >= 11 is 0. The van der Waals surface area contributed by atoms with Crippen molar-refractivity contribution in [3.63, 3.8) is 0 Å². The highest BCUT2D eigenvalue weighted by Crippen LogP contribution is 2.52. The highest BCUT2D eigenvalue weighted by Gasteiger charge is 2.50. The van der Waals surface area contributed by atoms with Crippen molar-refractivity contribution < 1.29 is 28.5 Å². The van der Waals surface area contributed by atoms with Crippen LogP contribution >= 0.6 is 0 Å². The third kappa shape index (κ3) is 6.44. The highest BCUT2D eigenvalue weighted by atomic mass is 16.7. The molecule has 1 saturated heterocycles. The van der Waals surface area contributed by atoms with Crippen LogP contribution in [0.1, 0.15) is 129 Å². The van der Waals surface area contributed by atoms with Crippen molar-refractivity contribution in [2.45, 2.75) is 148 Å². The van der Waals surface area contributed by atoms with Crippen molar-refractivity contribution in [1.82, 2.24) is 0 Å². The lowest BCUT2D eigenvalue weighted by molar-refractivity contribution is -0.169. The zero-order chi connectivity index (χ0) is 29.6. The molecule has 242 valence electrons. The van der Waals surface area contributed by atoms with Crippen molar-refractivity contribution in [1.29, 1.82) is 0 Å². The molecule has 0 aromatic rings. The summed E-state index contributed by atoms with van der Waals surface area (Å²) in [7, 11) is 0. The molecule has 0 aromatic carbocycles. The van der Waals surface area contributed by atoms with E-state index < -0.39 is 0 Å². The van der Waals surface area contributed by atoms with Crippen LogP contribution < -0.4 is 0 Å². The molecule has 0 N–H and O–H groups in total. The summed E-state index contributed by atoms with van der Waals surface area (Å²) in [6, 6.07) is 0. The molecule has 0 radical (unpaired) electrons. The predicted molar refractivity (Wildman–Crippen MR) is 164 cm³/mol. The fourth-order valence-corrected chi connectivity index (χ4v) is 11.8. The minimum atomic E-state index is -0.381. The normalized spacial score (nSPS) is 47.5. The number of ether oxygens (including phenoxy) is 4. The lowest BCUT2D eigenvalue weighted by Crippen LogP contribution is -2.44. The Morgan fingerprint density at radius 3 is 2.12 bits per heavy atom. The Bertz CT molecular complexity index is 982. The fraction of sp³-hybridized carbons (Fsp3) is 0.946. The molecule has 0 amide bonds. The Hall–Kier alpha value is -1.14. The van der Waals surface area contributed by atoms with Crippen LogP contribution in [0.25, 0.3) is 0 Å². The van der Waals surface area contributed by atoms with E-state index in [0.717, 1.165) is 63.2 Å². The van der Waals surface area contributed by atoms with Crippen LogP contribution in [0, 0.1) is 58.7 Å². The van der Waals surface area contributed by atoms with Gasteiger partial charge in [-0.3, -0.25) is 9.59 Å². The Kier molecular flexibility index (Phi) is 9.17. The van der Waals surface area contributed by atoms with E-state index in [2.05, 4.69) is 13.8 Å². The van der Waals surface area contributed by atoms with Gasteiger partial charge in [-0.2, -0.15) is 0 Å². The molecule has 7 aliphatic rings. The van der Waals surface area contributed by atoms with E-state index in [-0.39, 0.29) is 55.0 Å². The molecule has 6 saturated carbocycles. The van der Waals surface area contributed by atoms with Crippen LogP contribution in [0.3, 0.4) is 0 Å². The zero-order valence-corrected chi connectivity index (χ0v) is 27.0. The summed E-state index contributed by atoms with van der Waals surface area (Å²) in [5.41, 5.74) is -0.323. The van der Waals surface area contributed by atoms with E-state index in [0.29, 0.717) is 35.5 Å². The van der Waals surface area contributed by atoms with Crippen LogP contribution in [0.15, 0.2) is 0 Å². The van der Waals surface area contributed by atoms with Crippen LogP contribution in [-0.2, 0) is 28.5 Å². The van der Waals surface area contributed by atoms with Crippen molar-refractivity contribution in [3.05, 3.63) is 0 Å². The maximum Gasteiger partial charge on any atom is 0.312 e. The zero-order valence-electron chi connectivity index (χ0n) is 27.0. The Labute approximate surface area is 260 Å². The maximum absolute atomic E-state index is 13.7. The minimum Gasteiger partial charge on any atom is -0.463 e. The van der Waals surface area contributed by atoms with Gasteiger partial charge in [-0.25, -0.2) is 0 Å². The molecule has 6 nitrogen and oxygen atoms in total. The Balaban J connectivity index is 1.01. The number of carbonyl (C=O) groups is 2. The van der Waals surface area contributed by atoms with Gasteiger partial charge in [0.2, 0.25) is 0 Å². The van der Waals surface area contributed by atoms with Crippen molar-refractivity contribution >= 4 is 11.9 Å². The second-order valence-corrected chi connectivity index (χ2v) is 16.6. The molecule has 6 heteroatoms. The molecule has 7 fully saturated rings. The summed E-state index contributed by atoms with van der Waals surface area (Å²) in [6.07, 6.45) is 20.3. The van der Waals surface area contributed by atoms with Gasteiger partial charge in [0.05, 0.1) is 11.3 Å². The van der Waals surface area contributed by atoms with Crippen LogP contribution in [0.4, 0.5) is 0 Å². The summed E-state index contributed by atoms with van der Waals surface area (Å²) in [5, 5.41) is 0. The number of carbonyl (C=O) groups excluding carboxylic acids is 2. The molecule has 0 aromatic heterocycles. The topological polar surface area (TPSA) is 71.1 Å². The summed E-state index contributed by atoms with van der Waals surface area (Å²) in [4.78, 5) is 27.3. The van der Waals surface area contributed by atoms with Crippen LogP contribution in [-0.4, -0.2) is 43.7 Å². The van der Waals surface area contributed by atoms with Gasteiger partial charge < -0.3 is 18.9 Å². The molecule has 43 heavy (non-hydrogen) atoms. The quantitative estimate of drug-likeness (QED) is 0.265. The van der Waals surface area contributed by atoms with Crippen molar-refractivity contribution in [2.24, 2.45) is 58.7 Å². The lowest BCUT2D eigenvalue weighted by Gasteiger charge is -2.45. The van der Waals surface area contributed by atoms with Gasteiger partial charge in [0, 0.05) is 5.92 Å². The second-order valence-electron chi connectivity index (χ2n) is 16.6. The third-order valence-electron chi connectivity index (χ3n) is 13.5.